The van der Waals surface area contributed by atoms with E-state index in [1.54, 1.807) is 24.3 Å². The van der Waals surface area contributed by atoms with Crippen molar-refractivity contribution in [3.8, 4) is 5.75 Å². The maximum Gasteiger partial charge on any atom is 0.341 e. The molecule has 0 saturated carbocycles. The van der Waals surface area contributed by atoms with Crippen LogP contribution in [0.5, 0.6) is 5.75 Å². The third-order valence-electron chi connectivity index (χ3n) is 3.02. The van der Waals surface area contributed by atoms with Gasteiger partial charge >= 0.3 is 5.97 Å². The van der Waals surface area contributed by atoms with Gasteiger partial charge in [0.2, 0.25) is 5.91 Å². The zero-order valence-corrected chi connectivity index (χ0v) is 12.9. The number of aliphatic carboxylic acids is 1. The summed E-state index contributed by atoms with van der Waals surface area (Å²) in [5.41, 5.74) is 1.14. The molecule has 2 rings (SSSR count). The van der Waals surface area contributed by atoms with Gasteiger partial charge in [0, 0.05) is 23.9 Å². The highest BCUT2D eigenvalue weighted by Gasteiger charge is 2.03. The molecule has 2 aromatic carbocycles. The molecule has 0 aliphatic rings. The Morgan fingerprint density at radius 2 is 1.76 bits per heavy atom. The molecule has 2 aromatic rings. The zero-order valence-electron chi connectivity index (χ0n) is 12.9. The predicted octanol–water partition coefficient (Wildman–Crippen LogP) is 2.71. The summed E-state index contributed by atoms with van der Waals surface area (Å²) >= 11 is 0. The number of rotatable bonds is 7. The molecule has 0 unspecified atom stereocenters. The van der Waals surface area contributed by atoms with Crippen molar-refractivity contribution in [1.29, 1.82) is 0 Å². The summed E-state index contributed by atoms with van der Waals surface area (Å²) in [6.45, 7) is -0.441. The van der Waals surface area contributed by atoms with E-state index in [1.807, 2.05) is 0 Å². The highest BCUT2D eigenvalue weighted by Crippen LogP contribution is 2.16. The van der Waals surface area contributed by atoms with Gasteiger partial charge in [-0.1, -0.05) is 0 Å². The minimum Gasteiger partial charge on any atom is -0.482 e. The molecule has 0 aromatic heterocycles. The van der Waals surface area contributed by atoms with Crippen molar-refractivity contribution in [3.63, 3.8) is 0 Å². The molecule has 0 atom stereocenters. The first kappa shape index (κ1) is 17.7. The fraction of sp³-hybridized carbons (Fsp3) is 0.0588. The minimum atomic E-state index is -1.08. The summed E-state index contributed by atoms with van der Waals surface area (Å²) < 4.78 is 4.99. The highest BCUT2D eigenvalue weighted by atomic mass is 16.6. The molecule has 128 valence electrons. The van der Waals surface area contributed by atoms with Crippen molar-refractivity contribution in [2.24, 2.45) is 0 Å². The molecule has 0 bridgehead atoms. The summed E-state index contributed by atoms with van der Waals surface area (Å²) in [7, 11) is 0. The van der Waals surface area contributed by atoms with E-state index in [1.165, 1.54) is 36.4 Å². The van der Waals surface area contributed by atoms with Crippen molar-refractivity contribution in [3.05, 3.63) is 70.3 Å². The van der Waals surface area contributed by atoms with Crippen molar-refractivity contribution < 1.29 is 24.4 Å². The van der Waals surface area contributed by atoms with Crippen LogP contribution in [-0.2, 0) is 9.59 Å². The van der Waals surface area contributed by atoms with E-state index in [4.69, 9.17) is 9.84 Å². The van der Waals surface area contributed by atoms with E-state index in [9.17, 15) is 19.7 Å². The summed E-state index contributed by atoms with van der Waals surface area (Å²) in [5.74, 6) is -1.08. The molecule has 0 saturated heterocycles. The normalized spacial score (nSPS) is 10.4. The first-order chi connectivity index (χ1) is 11.9. The predicted molar refractivity (Wildman–Crippen MR) is 90.3 cm³/mol. The number of anilines is 1. The molecule has 2 N–H and O–H groups in total. The van der Waals surface area contributed by atoms with Gasteiger partial charge in [0.05, 0.1) is 4.92 Å². The number of nitro benzene ring substituents is 1. The molecule has 0 aliphatic heterocycles. The second-order valence-electron chi connectivity index (χ2n) is 4.88. The zero-order chi connectivity index (χ0) is 18.2. The summed E-state index contributed by atoms with van der Waals surface area (Å²) in [6, 6.07) is 12.0. The molecule has 8 heteroatoms. The van der Waals surface area contributed by atoms with E-state index in [-0.39, 0.29) is 11.6 Å². The van der Waals surface area contributed by atoms with Crippen molar-refractivity contribution in [2.75, 3.05) is 11.9 Å². The molecule has 0 fully saturated rings. The molecule has 25 heavy (non-hydrogen) atoms. The van der Waals surface area contributed by atoms with Crippen LogP contribution in [0.25, 0.3) is 6.08 Å². The average Bonchev–Trinajstić information content (AvgIpc) is 2.59. The topological polar surface area (TPSA) is 119 Å². The second-order valence-corrected chi connectivity index (χ2v) is 4.88. The van der Waals surface area contributed by atoms with E-state index >= 15 is 0 Å². The lowest BCUT2D eigenvalue weighted by Crippen LogP contribution is -2.10. The lowest BCUT2D eigenvalue weighted by molar-refractivity contribution is -0.384. The molecule has 0 spiro atoms. The number of nitro groups is 1. The number of carboxylic acids is 1. The first-order valence-electron chi connectivity index (χ1n) is 7.12. The Kier molecular flexibility index (Phi) is 5.83. The molecule has 1 amide bonds. The number of hydrogen-bond donors (Lipinski definition) is 2. The van der Waals surface area contributed by atoms with Crippen molar-refractivity contribution >= 4 is 29.3 Å². The van der Waals surface area contributed by atoms with Gasteiger partial charge in [0.15, 0.2) is 6.61 Å². The van der Waals surface area contributed by atoms with E-state index in [0.29, 0.717) is 17.0 Å². The Bertz CT molecular complexity index is 797. The number of non-ortho nitro benzene ring substituents is 1. The van der Waals surface area contributed by atoms with Crippen LogP contribution in [-0.4, -0.2) is 28.5 Å². The number of ether oxygens (including phenoxy) is 1. The van der Waals surface area contributed by atoms with Crippen molar-refractivity contribution in [1.82, 2.24) is 0 Å². The molecule has 0 aliphatic carbocycles. The smallest absolute Gasteiger partial charge is 0.341 e. The van der Waals surface area contributed by atoms with Crippen LogP contribution in [0.1, 0.15) is 5.56 Å². The van der Waals surface area contributed by atoms with E-state index in [2.05, 4.69) is 5.32 Å². The van der Waals surface area contributed by atoms with Crippen LogP contribution in [0.2, 0.25) is 0 Å². The van der Waals surface area contributed by atoms with Gasteiger partial charge < -0.3 is 15.2 Å². The van der Waals surface area contributed by atoms with Crippen LogP contribution >= 0.6 is 0 Å². The van der Waals surface area contributed by atoms with E-state index in [0.717, 1.165) is 0 Å². The summed E-state index contributed by atoms with van der Waals surface area (Å²) in [4.78, 5) is 32.3. The van der Waals surface area contributed by atoms with Crippen molar-refractivity contribution in [2.45, 2.75) is 0 Å². The number of carboxylic acid groups (broad SMARTS) is 1. The number of hydrogen-bond acceptors (Lipinski definition) is 5. The fourth-order valence-electron chi connectivity index (χ4n) is 1.84. The number of carbonyl (C=O) groups excluding carboxylic acids is 1. The molecular formula is C17H14N2O6. The van der Waals surface area contributed by atoms with Gasteiger partial charge in [-0.2, -0.15) is 0 Å². The monoisotopic (exact) mass is 342 g/mol. The van der Waals surface area contributed by atoms with Gasteiger partial charge in [0.1, 0.15) is 5.75 Å². The Hall–Kier alpha value is -3.68. The van der Waals surface area contributed by atoms with Gasteiger partial charge in [0.25, 0.3) is 5.69 Å². The second kappa shape index (κ2) is 8.25. The molecular weight excluding hydrogens is 328 g/mol. The van der Waals surface area contributed by atoms with Crippen LogP contribution in [0, 0.1) is 10.1 Å². The first-order valence-corrected chi connectivity index (χ1v) is 7.12. The largest absolute Gasteiger partial charge is 0.482 e. The maximum absolute atomic E-state index is 11.8. The minimum absolute atomic E-state index is 0.0215. The van der Waals surface area contributed by atoms with Gasteiger partial charge in [-0.25, -0.2) is 4.79 Å². The number of nitrogens with zero attached hydrogens (tertiary/aromatic N) is 1. The molecule has 0 radical (unpaired) electrons. The lowest BCUT2D eigenvalue weighted by atomic mass is 10.2. The lowest BCUT2D eigenvalue weighted by Gasteiger charge is -2.05. The van der Waals surface area contributed by atoms with Gasteiger partial charge in [-0.15, -0.1) is 0 Å². The standard InChI is InChI=1S/C17H14N2O6/c20-16(10-3-12-1-6-14(7-2-12)19(23)24)18-13-4-8-15(9-5-13)25-11-17(21)22/h1-10H,11H2,(H,18,20)(H,21,22)/b10-3+. The molecule has 8 nitrogen and oxygen atoms in total. The average molecular weight is 342 g/mol. The van der Waals surface area contributed by atoms with Crippen LogP contribution in [0.15, 0.2) is 54.6 Å². The van der Waals surface area contributed by atoms with Crippen LogP contribution in [0.4, 0.5) is 11.4 Å². The number of carbonyl (C=O) groups is 2. The maximum atomic E-state index is 11.8. The Balaban J connectivity index is 1.90. The fourth-order valence-corrected chi connectivity index (χ4v) is 1.84. The summed E-state index contributed by atoms with van der Waals surface area (Å²) in [6.07, 6.45) is 2.83. The molecule has 0 heterocycles. The third-order valence-corrected chi connectivity index (χ3v) is 3.02. The Morgan fingerprint density at radius 1 is 1.12 bits per heavy atom. The third kappa shape index (κ3) is 5.79. The number of benzene rings is 2. The van der Waals surface area contributed by atoms with Gasteiger partial charge in [-0.05, 0) is 48.0 Å². The van der Waals surface area contributed by atoms with Crippen LogP contribution < -0.4 is 10.1 Å². The number of nitrogens with one attached hydrogen (secondary N) is 1. The number of amides is 1. The Morgan fingerprint density at radius 3 is 2.32 bits per heavy atom. The van der Waals surface area contributed by atoms with Crippen LogP contribution in [0.3, 0.4) is 0 Å². The SMILES string of the molecule is O=C(O)COc1ccc(NC(=O)/C=C/c2ccc([N+](=O)[O-])cc2)cc1. The van der Waals surface area contributed by atoms with E-state index < -0.39 is 17.5 Å². The highest BCUT2D eigenvalue weighted by molar-refractivity contribution is 6.01. The summed E-state index contributed by atoms with van der Waals surface area (Å²) in [5, 5.41) is 21.7. The van der Waals surface area contributed by atoms with Gasteiger partial charge in [-0.3, -0.25) is 14.9 Å². The Labute approximate surface area is 142 Å². The quantitative estimate of drug-likeness (QED) is 0.454.